The number of aromatic nitrogens is 2. The van der Waals surface area contributed by atoms with Crippen molar-refractivity contribution in [2.45, 2.75) is 31.4 Å². The molecule has 0 saturated carbocycles. The van der Waals surface area contributed by atoms with Gasteiger partial charge in [0.25, 0.3) is 5.22 Å². The summed E-state index contributed by atoms with van der Waals surface area (Å²) in [4.78, 5) is 16.3. The Morgan fingerprint density at radius 1 is 1.30 bits per heavy atom. The van der Waals surface area contributed by atoms with E-state index in [0.29, 0.717) is 16.7 Å². The van der Waals surface area contributed by atoms with Crippen LogP contribution in [0.25, 0.3) is 11.1 Å². The van der Waals surface area contributed by atoms with Gasteiger partial charge in [0.15, 0.2) is 5.58 Å². The zero-order valence-electron chi connectivity index (χ0n) is 13.1. The van der Waals surface area contributed by atoms with Crippen LogP contribution in [0.4, 0.5) is 5.88 Å². The highest BCUT2D eigenvalue weighted by Gasteiger charge is 2.19. The number of oxazole rings is 1. The molecule has 0 aliphatic carbocycles. The Labute approximate surface area is 137 Å². The zero-order valence-corrected chi connectivity index (χ0v) is 13.9. The summed E-state index contributed by atoms with van der Waals surface area (Å²) in [5.74, 6) is 0.324. The van der Waals surface area contributed by atoms with Crippen molar-refractivity contribution >= 4 is 34.7 Å². The molecule has 1 aromatic carbocycles. The topological polar surface area (TPSA) is 81.2 Å². The number of nitrogens with zero attached hydrogens (tertiary/aromatic N) is 2. The lowest BCUT2D eigenvalue weighted by molar-refractivity contribution is -0.113. The summed E-state index contributed by atoms with van der Waals surface area (Å²) in [5.41, 5.74) is 2.15. The molecule has 0 unspecified atom stereocenters. The SMILES string of the molecule is CC(C)(C)c1cc(NC(=O)CSc2nc3ccccc3o2)on1. The largest absolute Gasteiger partial charge is 0.431 e. The standard InChI is InChI=1S/C16H17N3O3S/c1-16(2,3)12-8-14(22-19-12)18-13(20)9-23-15-17-10-6-4-5-7-11(10)21-15/h4-8H,9H2,1-3H3,(H,18,20). The van der Waals surface area contributed by atoms with Crippen LogP contribution in [0.2, 0.25) is 0 Å². The predicted octanol–water partition coefficient (Wildman–Crippen LogP) is 3.84. The molecule has 2 aromatic heterocycles. The summed E-state index contributed by atoms with van der Waals surface area (Å²) in [6.45, 7) is 6.08. The molecule has 0 radical (unpaired) electrons. The van der Waals surface area contributed by atoms with Crippen molar-refractivity contribution in [3.8, 4) is 0 Å². The number of carbonyl (C=O) groups is 1. The summed E-state index contributed by atoms with van der Waals surface area (Å²) in [7, 11) is 0. The van der Waals surface area contributed by atoms with Crippen LogP contribution in [0, 0.1) is 0 Å². The van der Waals surface area contributed by atoms with Gasteiger partial charge in [-0.1, -0.05) is 49.8 Å². The summed E-state index contributed by atoms with van der Waals surface area (Å²) in [6.07, 6.45) is 0. The van der Waals surface area contributed by atoms with Crippen molar-refractivity contribution in [2.75, 3.05) is 11.1 Å². The van der Waals surface area contributed by atoms with E-state index in [2.05, 4.69) is 15.5 Å². The van der Waals surface area contributed by atoms with Crippen molar-refractivity contribution in [1.82, 2.24) is 10.1 Å². The van der Waals surface area contributed by atoms with Gasteiger partial charge in [0.1, 0.15) is 5.52 Å². The molecule has 3 rings (SSSR count). The fourth-order valence-electron chi connectivity index (χ4n) is 1.90. The molecule has 1 amide bonds. The second kappa shape index (κ2) is 6.08. The molecule has 3 aromatic rings. The maximum absolute atomic E-state index is 12.0. The summed E-state index contributed by atoms with van der Waals surface area (Å²) in [6, 6.07) is 9.22. The summed E-state index contributed by atoms with van der Waals surface area (Å²) < 4.78 is 10.7. The number of benzene rings is 1. The molecule has 7 heteroatoms. The molecule has 0 bridgehead atoms. The Kier molecular flexibility index (Phi) is 4.12. The van der Waals surface area contributed by atoms with E-state index in [1.807, 2.05) is 45.0 Å². The molecular formula is C16H17N3O3S. The van der Waals surface area contributed by atoms with Gasteiger partial charge < -0.3 is 8.94 Å². The lowest BCUT2D eigenvalue weighted by Crippen LogP contribution is -2.14. The highest BCUT2D eigenvalue weighted by molar-refractivity contribution is 7.99. The van der Waals surface area contributed by atoms with Crippen molar-refractivity contribution < 1.29 is 13.7 Å². The predicted molar refractivity (Wildman–Crippen MR) is 88.6 cm³/mol. The summed E-state index contributed by atoms with van der Waals surface area (Å²) >= 11 is 1.23. The number of thioether (sulfide) groups is 1. The van der Waals surface area contributed by atoms with Gasteiger partial charge in [-0.05, 0) is 12.1 Å². The first kappa shape index (κ1) is 15.6. The van der Waals surface area contributed by atoms with Gasteiger partial charge >= 0.3 is 0 Å². The normalized spacial score (nSPS) is 11.8. The lowest BCUT2D eigenvalue weighted by Gasteiger charge is -2.12. The number of para-hydroxylation sites is 2. The van der Waals surface area contributed by atoms with E-state index in [1.54, 1.807) is 6.07 Å². The molecule has 0 spiro atoms. The van der Waals surface area contributed by atoms with Crippen molar-refractivity contribution in [2.24, 2.45) is 0 Å². The molecule has 0 atom stereocenters. The maximum atomic E-state index is 12.0. The number of hydrogen-bond acceptors (Lipinski definition) is 6. The van der Waals surface area contributed by atoms with Crippen molar-refractivity contribution in [1.29, 1.82) is 0 Å². The van der Waals surface area contributed by atoms with Crippen LogP contribution in [-0.4, -0.2) is 21.8 Å². The fraction of sp³-hybridized carbons (Fsp3) is 0.312. The number of anilines is 1. The van der Waals surface area contributed by atoms with Crippen LogP contribution in [0.3, 0.4) is 0 Å². The van der Waals surface area contributed by atoms with Gasteiger partial charge in [0.2, 0.25) is 11.8 Å². The average molecular weight is 331 g/mol. The van der Waals surface area contributed by atoms with Gasteiger partial charge in [0, 0.05) is 11.5 Å². The Hall–Kier alpha value is -2.28. The second-order valence-corrected chi connectivity index (χ2v) is 7.04. The van der Waals surface area contributed by atoms with E-state index in [0.717, 1.165) is 11.2 Å². The number of nitrogens with one attached hydrogen (secondary N) is 1. The van der Waals surface area contributed by atoms with Crippen LogP contribution >= 0.6 is 11.8 Å². The molecular weight excluding hydrogens is 314 g/mol. The zero-order chi connectivity index (χ0) is 16.4. The van der Waals surface area contributed by atoms with Crippen molar-refractivity contribution in [3.05, 3.63) is 36.0 Å². The summed E-state index contributed by atoms with van der Waals surface area (Å²) in [5, 5.41) is 7.11. The number of carbonyl (C=O) groups excluding carboxylic acids is 1. The highest BCUT2D eigenvalue weighted by atomic mass is 32.2. The quantitative estimate of drug-likeness (QED) is 0.731. The first-order chi connectivity index (χ1) is 10.9. The van der Waals surface area contributed by atoms with Crippen LogP contribution in [0.1, 0.15) is 26.5 Å². The molecule has 0 aliphatic heterocycles. The second-order valence-electron chi connectivity index (χ2n) is 6.11. The molecule has 6 nitrogen and oxygen atoms in total. The van der Waals surface area contributed by atoms with Crippen LogP contribution < -0.4 is 5.32 Å². The molecule has 23 heavy (non-hydrogen) atoms. The van der Waals surface area contributed by atoms with Gasteiger partial charge in [-0.15, -0.1) is 0 Å². The monoisotopic (exact) mass is 331 g/mol. The third-order valence-corrected chi connectivity index (χ3v) is 3.97. The van der Waals surface area contributed by atoms with Gasteiger partial charge in [-0.2, -0.15) is 0 Å². The first-order valence-corrected chi connectivity index (χ1v) is 8.16. The Bertz CT molecular complexity index is 799. The van der Waals surface area contributed by atoms with Crippen LogP contribution in [-0.2, 0) is 10.2 Å². The lowest BCUT2D eigenvalue weighted by atomic mass is 9.92. The molecule has 1 N–H and O–H groups in total. The number of hydrogen-bond donors (Lipinski definition) is 1. The van der Waals surface area contributed by atoms with E-state index in [9.17, 15) is 4.79 Å². The van der Waals surface area contributed by atoms with Gasteiger partial charge in [0.05, 0.1) is 11.4 Å². The van der Waals surface area contributed by atoms with E-state index < -0.39 is 0 Å². The molecule has 0 aliphatic rings. The average Bonchev–Trinajstić information content (AvgIpc) is 3.10. The number of rotatable bonds is 4. The minimum absolute atomic E-state index is 0.126. The van der Waals surface area contributed by atoms with E-state index in [4.69, 9.17) is 8.94 Å². The minimum atomic E-state index is -0.200. The Morgan fingerprint density at radius 2 is 2.09 bits per heavy atom. The maximum Gasteiger partial charge on any atom is 0.257 e. The van der Waals surface area contributed by atoms with Crippen LogP contribution in [0.15, 0.2) is 44.5 Å². The van der Waals surface area contributed by atoms with Gasteiger partial charge in [-0.3, -0.25) is 10.1 Å². The van der Waals surface area contributed by atoms with E-state index in [-0.39, 0.29) is 17.1 Å². The van der Waals surface area contributed by atoms with E-state index in [1.165, 1.54) is 11.8 Å². The first-order valence-electron chi connectivity index (χ1n) is 7.17. The number of fused-ring (bicyclic) bond motifs is 1. The van der Waals surface area contributed by atoms with Crippen molar-refractivity contribution in [3.63, 3.8) is 0 Å². The third kappa shape index (κ3) is 3.73. The molecule has 2 heterocycles. The minimum Gasteiger partial charge on any atom is -0.431 e. The number of amides is 1. The van der Waals surface area contributed by atoms with Gasteiger partial charge in [-0.25, -0.2) is 4.98 Å². The molecule has 0 fully saturated rings. The third-order valence-electron chi connectivity index (χ3n) is 3.14. The fourth-order valence-corrected chi connectivity index (χ4v) is 2.54. The van der Waals surface area contributed by atoms with Crippen LogP contribution in [0.5, 0.6) is 0 Å². The Balaban J connectivity index is 1.58. The Morgan fingerprint density at radius 3 is 2.78 bits per heavy atom. The highest BCUT2D eigenvalue weighted by Crippen LogP contribution is 2.25. The molecule has 120 valence electrons. The van der Waals surface area contributed by atoms with E-state index >= 15 is 0 Å². The smallest absolute Gasteiger partial charge is 0.257 e. The molecule has 0 saturated heterocycles.